The van der Waals surface area contributed by atoms with Crippen molar-refractivity contribution in [2.75, 3.05) is 20.1 Å². The monoisotopic (exact) mass is 286 g/mol. The average molecular weight is 286 g/mol. The quantitative estimate of drug-likeness (QED) is 0.916. The Morgan fingerprint density at radius 2 is 2.16 bits per heavy atom. The summed E-state index contributed by atoms with van der Waals surface area (Å²) in [6.07, 6.45) is 1.82. The van der Waals surface area contributed by atoms with Gasteiger partial charge in [0, 0.05) is 19.1 Å². The molecule has 1 aromatic carbocycles. The first-order valence-electron chi connectivity index (χ1n) is 6.38. The van der Waals surface area contributed by atoms with Crippen molar-refractivity contribution < 1.29 is 12.8 Å². The molecule has 0 bridgehead atoms. The van der Waals surface area contributed by atoms with Crippen LogP contribution in [0.5, 0.6) is 0 Å². The number of rotatable bonds is 3. The van der Waals surface area contributed by atoms with Gasteiger partial charge in [0.25, 0.3) is 0 Å². The Bertz CT molecular complexity index is 560. The molecule has 2 rings (SSSR count). The Labute approximate surface area is 113 Å². The summed E-state index contributed by atoms with van der Waals surface area (Å²) in [5, 5.41) is 3.12. The maximum absolute atomic E-state index is 13.1. The van der Waals surface area contributed by atoms with Crippen LogP contribution >= 0.6 is 0 Å². The number of likely N-dealkylation sites (N-methyl/N-ethyl adjacent to an activating group) is 1. The lowest BCUT2D eigenvalue weighted by molar-refractivity contribution is 0.292. The van der Waals surface area contributed by atoms with Gasteiger partial charge in [-0.15, -0.1) is 0 Å². The molecule has 6 heteroatoms. The van der Waals surface area contributed by atoms with Crippen molar-refractivity contribution in [3.8, 4) is 0 Å². The fraction of sp³-hybridized carbons (Fsp3) is 0.538. The van der Waals surface area contributed by atoms with Gasteiger partial charge in [-0.1, -0.05) is 0 Å². The van der Waals surface area contributed by atoms with E-state index in [4.69, 9.17) is 0 Å². The number of sulfonamides is 1. The van der Waals surface area contributed by atoms with Crippen molar-refractivity contribution in [2.24, 2.45) is 0 Å². The zero-order valence-corrected chi connectivity index (χ0v) is 12.0. The molecular formula is C13H19FN2O2S. The summed E-state index contributed by atoms with van der Waals surface area (Å²) in [6, 6.07) is 3.98. The highest BCUT2D eigenvalue weighted by molar-refractivity contribution is 7.89. The van der Waals surface area contributed by atoms with Crippen LogP contribution in [-0.2, 0) is 10.0 Å². The Hall–Kier alpha value is -0.980. The number of benzene rings is 1. The number of nitrogens with one attached hydrogen (secondary N) is 1. The predicted molar refractivity (Wildman–Crippen MR) is 72.0 cm³/mol. The molecule has 1 unspecified atom stereocenters. The van der Waals surface area contributed by atoms with E-state index in [0.29, 0.717) is 18.7 Å². The van der Waals surface area contributed by atoms with Crippen LogP contribution in [0.15, 0.2) is 23.1 Å². The lowest BCUT2D eigenvalue weighted by atomic mass is 10.1. The average Bonchev–Trinajstić information content (AvgIpc) is 2.38. The van der Waals surface area contributed by atoms with Gasteiger partial charge >= 0.3 is 0 Å². The third kappa shape index (κ3) is 2.96. The molecule has 0 aromatic heterocycles. The van der Waals surface area contributed by atoms with Crippen LogP contribution < -0.4 is 5.32 Å². The van der Waals surface area contributed by atoms with E-state index >= 15 is 0 Å². The Balaban J connectivity index is 2.31. The summed E-state index contributed by atoms with van der Waals surface area (Å²) in [4.78, 5) is 0.200. The molecule has 0 amide bonds. The van der Waals surface area contributed by atoms with Crippen LogP contribution in [0.3, 0.4) is 0 Å². The Morgan fingerprint density at radius 1 is 1.42 bits per heavy atom. The number of aryl methyl sites for hydroxylation is 1. The second-order valence-corrected chi connectivity index (χ2v) is 6.81. The normalized spacial score (nSPS) is 21.5. The summed E-state index contributed by atoms with van der Waals surface area (Å²) < 4.78 is 39.7. The van der Waals surface area contributed by atoms with Gasteiger partial charge in [0.1, 0.15) is 5.82 Å². The van der Waals surface area contributed by atoms with Gasteiger partial charge in [-0.2, -0.15) is 4.31 Å². The van der Waals surface area contributed by atoms with E-state index in [0.717, 1.165) is 12.8 Å². The molecule has 4 nitrogen and oxygen atoms in total. The van der Waals surface area contributed by atoms with E-state index in [1.165, 1.54) is 22.5 Å². The molecular weight excluding hydrogens is 267 g/mol. The van der Waals surface area contributed by atoms with Crippen LogP contribution in [0.4, 0.5) is 4.39 Å². The molecule has 106 valence electrons. The fourth-order valence-corrected chi connectivity index (χ4v) is 4.17. The van der Waals surface area contributed by atoms with Crippen LogP contribution in [0, 0.1) is 12.7 Å². The number of piperidine rings is 1. The SMILES string of the molecule is CNC1CCCN(S(=O)(=O)c2ccc(F)cc2C)C1. The van der Waals surface area contributed by atoms with Crippen LogP contribution in [0.2, 0.25) is 0 Å². The van der Waals surface area contributed by atoms with Crippen molar-refractivity contribution in [1.29, 1.82) is 0 Å². The highest BCUT2D eigenvalue weighted by Crippen LogP contribution is 2.23. The largest absolute Gasteiger partial charge is 0.316 e. The van der Waals surface area contributed by atoms with Crippen LogP contribution in [-0.4, -0.2) is 38.9 Å². The number of hydrogen-bond acceptors (Lipinski definition) is 3. The van der Waals surface area contributed by atoms with Gasteiger partial charge < -0.3 is 5.32 Å². The lowest BCUT2D eigenvalue weighted by Gasteiger charge is -2.32. The van der Waals surface area contributed by atoms with E-state index in [9.17, 15) is 12.8 Å². The molecule has 1 aliphatic heterocycles. The standard InChI is InChI=1S/C13H19FN2O2S/c1-10-8-11(14)5-6-13(10)19(17,18)16-7-3-4-12(9-16)15-2/h5-6,8,12,15H,3-4,7,9H2,1-2H3. The molecule has 0 spiro atoms. The molecule has 1 N–H and O–H groups in total. The smallest absolute Gasteiger partial charge is 0.243 e. The molecule has 0 radical (unpaired) electrons. The van der Waals surface area contributed by atoms with Crippen molar-refractivity contribution in [3.63, 3.8) is 0 Å². The van der Waals surface area contributed by atoms with E-state index in [1.54, 1.807) is 6.92 Å². The highest BCUT2D eigenvalue weighted by Gasteiger charge is 2.30. The summed E-state index contributed by atoms with van der Waals surface area (Å²) in [7, 11) is -1.69. The van der Waals surface area contributed by atoms with Crippen molar-refractivity contribution >= 4 is 10.0 Å². The lowest BCUT2D eigenvalue weighted by Crippen LogP contribution is -2.46. The minimum atomic E-state index is -3.53. The predicted octanol–water partition coefficient (Wildman–Crippen LogP) is 1.51. The molecule has 1 fully saturated rings. The van der Waals surface area contributed by atoms with Crippen molar-refractivity contribution in [1.82, 2.24) is 9.62 Å². The summed E-state index contributed by atoms with van der Waals surface area (Å²) >= 11 is 0. The van der Waals surface area contributed by atoms with E-state index < -0.39 is 15.8 Å². The summed E-state index contributed by atoms with van der Waals surface area (Å²) in [5.74, 6) is -0.414. The first kappa shape index (κ1) is 14.4. The fourth-order valence-electron chi connectivity index (χ4n) is 2.44. The second-order valence-electron chi connectivity index (χ2n) is 4.90. The Kier molecular flexibility index (Phi) is 4.23. The first-order chi connectivity index (χ1) is 8.95. The summed E-state index contributed by atoms with van der Waals surface area (Å²) in [6.45, 7) is 2.61. The van der Waals surface area contributed by atoms with Crippen LogP contribution in [0.25, 0.3) is 0 Å². The highest BCUT2D eigenvalue weighted by atomic mass is 32.2. The number of halogens is 1. The molecule has 0 saturated carbocycles. The zero-order chi connectivity index (χ0) is 14.0. The van der Waals surface area contributed by atoms with E-state index in [2.05, 4.69) is 5.32 Å². The Morgan fingerprint density at radius 3 is 2.79 bits per heavy atom. The van der Waals surface area contributed by atoms with Crippen molar-refractivity contribution in [2.45, 2.75) is 30.7 Å². The van der Waals surface area contributed by atoms with Crippen molar-refractivity contribution in [3.05, 3.63) is 29.6 Å². The third-order valence-electron chi connectivity index (χ3n) is 3.55. The van der Waals surface area contributed by atoms with E-state index in [-0.39, 0.29) is 10.9 Å². The number of hydrogen-bond donors (Lipinski definition) is 1. The minimum absolute atomic E-state index is 0.185. The molecule has 1 atom stereocenters. The van der Waals surface area contributed by atoms with E-state index in [1.807, 2.05) is 7.05 Å². The minimum Gasteiger partial charge on any atom is -0.316 e. The molecule has 1 saturated heterocycles. The van der Waals surface area contributed by atoms with Gasteiger partial charge in [0.15, 0.2) is 0 Å². The van der Waals surface area contributed by atoms with Gasteiger partial charge in [-0.25, -0.2) is 12.8 Å². The molecule has 1 heterocycles. The van der Waals surface area contributed by atoms with Gasteiger partial charge in [0.05, 0.1) is 4.90 Å². The van der Waals surface area contributed by atoms with Gasteiger partial charge in [0.2, 0.25) is 10.0 Å². The maximum Gasteiger partial charge on any atom is 0.243 e. The molecule has 1 aromatic rings. The van der Waals surface area contributed by atoms with Gasteiger partial charge in [-0.05, 0) is 50.6 Å². The topological polar surface area (TPSA) is 49.4 Å². The third-order valence-corrected chi connectivity index (χ3v) is 5.57. The molecule has 0 aliphatic carbocycles. The molecule has 19 heavy (non-hydrogen) atoms. The maximum atomic E-state index is 13.1. The van der Waals surface area contributed by atoms with Gasteiger partial charge in [-0.3, -0.25) is 0 Å². The second kappa shape index (κ2) is 5.56. The van der Waals surface area contributed by atoms with Crippen LogP contribution in [0.1, 0.15) is 18.4 Å². The summed E-state index contributed by atoms with van der Waals surface area (Å²) in [5.41, 5.74) is 0.451. The first-order valence-corrected chi connectivity index (χ1v) is 7.82. The number of nitrogens with zero attached hydrogens (tertiary/aromatic N) is 1. The zero-order valence-electron chi connectivity index (χ0n) is 11.2. The molecule has 1 aliphatic rings.